The molecule has 0 aliphatic carbocycles. The van der Waals surface area contributed by atoms with E-state index in [1.165, 1.54) is 64.2 Å². The van der Waals surface area contributed by atoms with Crippen LogP contribution in [-0.2, 0) is 19.6 Å². The van der Waals surface area contributed by atoms with Crippen molar-refractivity contribution in [2.45, 2.75) is 121 Å². The third kappa shape index (κ3) is 16.6. The van der Waals surface area contributed by atoms with Gasteiger partial charge in [-0.15, -0.1) is 0 Å². The van der Waals surface area contributed by atoms with E-state index in [1.54, 1.807) is 0 Å². The number of benzene rings is 1. The molecule has 40 heavy (non-hydrogen) atoms. The first-order chi connectivity index (χ1) is 19.3. The van der Waals surface area contributed by atoms with E-state index in [2.05, 4.69) is 26.0 Å². The highest BCUT2D eigenvalue weighted by atomic mass is 32.2. The Morgan fingerprint density at radius 1 is 0.650 bits per heavy atom. The van der Waals surface area contributed by atoms with Gasteiger partial charge in [0.05, 0.1) is 29.2 Å². The van der Waals surface area contributed by atoms with E-state index in [4.69, 9.17) is 9.47 Å². The fraction of sp³-hybridized carbons (Fsp3) is 0.625. The van der Waals surface area contributed by atoms with Gasteiger partial charge < -0.3 is 9.47 Å². The van der Waals surface area contributed by atoms with Crippen molar-refractivity contribution in [1.29, 1.82) is 0 Å². The zero-order valence-electron chi connectivity index (χ0n) is 24.6. The smallest absolute Gasteiger partial charge is 0.339 e. The molecule has 0 saturated carbocycles. The lowest BCUT2D eigenvalue weighted by Crippen LogP contribution is -2.16. The zero-order chi connectivity index (χ0) is 29.5. The van der Waals surface area contributed by atoms with Crippen LogP contribution in [0.2, 0.25) is 0 Å². The Hall–Kier alpha value is -2.45. The van der Waals surface area contributed by atoms with E-state index >= 15 is 0 Å². The van der Waals surface area contributed by atoms with Gasteiger partial charge in [0.2, 0.25) is 0 Å². The first-order valence-corrected chi connectivity index (χ1v) is 16.5. The summed E-state index contributed by atoms with van der Waals surface area (Å²) in [6.07, 6.45) is 25.9. The molecule has 0 amide bonds. The summed E-state index contributed by atoms with van der Waals surface area (Å²) < 4.78 is 43.2. The lowest BCUT2D eigenvalue weighted by molar-refractivity contribution is 0.0464. The summed E-state index contributed by atoms with van der Waals surface area (Å²) in [5.41, 5.74) is -0.359. The second-order valence-electron chi connectivity index (χ2n) is 10.1. The van der Waals surface area contributed by atoms with Crippen LogP contribution in [0.4, 0.5) is 0 Å². The molecule has 1 aromatic carbocycles. The van der Waals surface area contributed by atoms with Crippen molar-refractivity contribution in [2.75, 3.05) is 13.2 Å². The molecule has 0 aromatic heterocycles. The highest BCUT2D eigenvalue weighted by Crippen LogP contribution is 2.19. The van der Waals surface area contributed by atoms with Crippen molar-refractivity contribution >= 4 is 22.1 Å². The minimum Gasteiger partial charge on any atom is -0.462 e. The third-order valence-corrected chi connectivity index (χ3v) is 7.40. The van der Waals surface area contributed by atoms with Crippen LogP contribution in [0.25, 0.3) is 0 Å². The van der Waals surface area contributed by atoms with Crippen LogP contribution in [0, 0.1) is 0 Å². The van der Waals surface area contributed by atoms with Crippen LogP contribution in [0.15, 0.2) is 47.4 Å². The number of unbranched alkanes of at least 4 members (excludes halogenated alkanes) is 12. The summed E-state index contributed by atoms with van der Waals surface area (Å²) in [5, 5.41) is 0. The van der Waals surface area contributed by atoms with E-state index in [0.29, 0.717) is 12.8 Å². The number of hydrogen-bond donors (Lipinski definition) is 1. The maximum Gasteiger partial charge on any atom is 0.339 e. The maximum absolute atomic E-state index is 12.7. The van der Waals surface area contributed by atoms with E-state index < -0.39 is 27.0 Å². The van der Waals surface area contributed by atoms with E-state index in [0.717, 1.165) is 43.9 Å². The van der Waals surface area contributed by atoms with Crippen LogP contribution in [-0.4, -0.2) is 38.1 Å². The van der Waals surface area contributed by atoms with E-state index in [-0.39, 0.29) is 24.3 Å². The SMILES string of the molecule is CCCCCCCC/C=C/CCOC(=O)c1ccc(S(=O)(=O)O)cc1C(=O)OCC/C=C/CCCCCCCC. The normalized spacial score (nSPS) is 11.9. The Labute approximate surface area is 242 Å². The van der Waals surface area contributed by atoms with E-state index in [1.807, 2.05) is 12.2 Å². The van der Waals surface area contributed by atoms with Gasteiger partial charge in [0.15, 0.2) is 0 Å². The van der Waals surface area contributed by atoms with Crippen LogP contribution in [0.5, 0.6) is 0 Å². The Morgan fingerprint density at radius 2 is 1.07 bits per heavy atom. The standard InChI is InChI=1S/C32H50O7S/c1-3-5-7-9-11-13-15-17-19-21-25-38-31(33)29-24-23-28(40(35,36)37)27-30(29)32(34)39-26-22-20-18-16-14-12-10-8-6-4-2/h17-20,23-24,27H,3-16,21-22,25-26H2,1-2H3,(H,35,36,37)/b19-17+,20-18+. The molecule has 0 aliphatic heterocycles. The highest BCUT2D eigenvalue weighted by Gasteiger charge is 2.23. The first-order valence-electron chi connectivity index (χ1n) is 15.1. The Morgan fingerprint density at radius 3 is 1.55 bits per heavy atom. The van der Waals surface area contributed by atoms with Crippen LogP contribution >= 0.6 is 0 Å². The molecule has 226 valence electrons. The number of esters is 2. The topological polar surface area (TPSA) is 107 Å². The molecule has 7 nitrogen and oxygen atoms in total. The molecule has 0 atom stereocenters. The Kier molecular flexibility index (Phi) is 19.8. The minimum absolute atomic E-state index is 0.0832. The zero-order valence-corrected chi connectivity index (χ0v) is 25.4. The predicted octanol–water partition coefficient (Wildman–Crippen LogP) is 8.64. The van der Waals surface area contributed by atoms with Crippen molar-refractivity contribution in [2.24, 2.45) is 0 Å². The van der Waals surface area contributed by atoms with Crippen molar-refractivity contribution in [1.82, 2.24) is 0 Å². The molecule has 0 radical (unpaired) electrons. The second kappa shape index (κ2) is 22.3. The molecule has 0 heterocycles. The van der Waals surface area contributed by atoms with Crippen molar-refractivity contribution in [3.05, 3.63) is 53.6 Å². The van der Waals surface area contributed by atoms with Gasteiger partial charge >= 0.3 is 11.9 Å². The summed E-state index contributed by atoms with van der Waals surface area (Å²) in [6, 6.07) is 3.17. The van der Waals surface area contributed by atoms with Crippen LogP contribution in [0.1, 0.15) is 137 Å². The summed E-state index contributed by atoms with van der Waals surface area (Å²) in [6.45, 7) is 4.61. The molecule has 0 spiro atoms. The predicted molar refractivity (Wildman–Crippen MR) is 160 cm³/mol. The first kappa shape index (κ1) is 35.6. The van der Waals surface area contributed by atoms with Gasteiger partial charge in [0.25, 0.3) is 10.1 Å². The second-order valence-corrected chi connectivity index (χ2v) is 11.5. The minimum atomic E-state index is -4.57. The van der Waals surface area contributed by atoms with Gasteiger partial charge in [-0.1, -0.05) is 102 Å². The van der Waals surface area contributed by atoms with E-state index in [9.17, 15) is 22.6 Å². The summed E-state index contributed by atoms with van der Waals surface area (Å²) in [5.74, 6) is -1.60. The molecule has 0 unspecified atom stereocenters. The molecule has 0 bridgehead atoms. The average Bonchev–Trinajstić information content (AvgIpc) is 2.93. The number of carbonyl (C=O) groups is 2. The fourth-order valence-corrected chi connectivity index (χ4v) is 4.69. The van der Waals surface area contributed by atoms with Gasteiger partial charge in [0, 0.05) is 0 Å². The Bertz CT molecular complexity index is 1010. The van der Waals surface area contributed by atoms with Gasteiger partial charge in [0.1, 0.15) is 0 Å². The molecule has 0 aliphatic rings. The summed E-state index contributed by atoms with van der Waals surface area (Å²) in [4.78, 5) is 24.9. The molecule has 0 saturated heterocycles. The number of ether oxygens (including phenoxy) is 2. The van der Waals surface area contributed by atoms with Crippen molar-refractivity contribution < 1.29 is 32.0 Å². The molecular weight excluding hydrogens is 528 g/mol. The van der Waals surface area contributed by atoms with Crippen LogP contribution in [0.3, 0.4) is 0 Å². The monoisotopic (exact) mass is 578 g/mol. The van der Waals surface area contributed by atoms with Gasteiger partial charge in [-0.2, -0.15) is 8.42 Å². The number of rotatable bonds is 23. The molecule has 0 fully saturated rings. The quantitative estimate of drug-likeness (QED) is 0.0599. The molecule has 1 rings (SSSR count). The van der Waals surface area contributed by atoms with Gasteiger partial charge in [-0.3, -0.25) is 4.55 Å². The maximum atomic E-state index is 12.7. The average molecular weight is 579 g/mol. The van der Waals surface area contributed by atoms with Gasteiger partial charge in [-0.05, 0) is 56.7 Å². The highest BCUT2D eigenvalue weighted by molar-refractivity contribution is 7.85. The van der Waals surface area contributed by atoms with Gasteiger partial charge in [-0.25, -0.2) is 9.59 Å². The van der Waals surface area contributed by atoms with Crippen LogP contribution < -0.4 is 0 Å². The summed E-state index contributed by atoms with van der Waals surface area (Å²) >= 11 is 0. The number of hydrogen-bond acceptors (Lipinski definition) is 6. The fourth-order valence-electron chi connectivity index (χ4n) is 4.18. The molecule has 8 heteroatoms. The molecule has 1 aromatic rings. The number of allylic oxidation sites excluding steroid dienone is 2. The lowest BCUT2D eigenvalue weighted by Gasteiger charge is -2.10. The van der Waals surface area contributed by atoms with Crippen molar-refractivity contribution in [3.8, 4) is 0 Å². The molecule has 1 N–H and O–H groups in total. The molecular formula is C32H50O7S. The number of carbonyl (C=O) groups excluding carboxylic acids is 2. The largest absolute Gasteiger partial charge is 0.462 e. The Balaban J connectivity index is 2.54. The lowest BCUT2D eigenvalue weighted by atomic mass is 10.1. The summed E-state index contributed by atoms with van der Waals surface area (Å²) in [7, 11) is -4.57. The van der Waals surface area contributed by atoms with Crippen molar-refractivity contribution in [3.63, 3.8) is 0 Å². The third-order valence-electron chi connectivity index (χ3n) is 6.55.